The van der Waals surface area contributed by atoms with Crippen molar-refractivity contribution in [3.8, 4) is 0 Å². The molecule has 0 aromatic carbocycles. The molecule has 1 fully saturated rings. The maximum absolute atomic E-state index is 12.4. The van der Waals surface area contributed by atoms with E-state index in [0.717, 1.165) is 0 Å². The molecule has 9 heteroatoms. The third-order valence-electron chi connectivity index (χ3n) is 4.20. The maximum atomic E-state index is 12.4. The second-order valence-corrected chi connectivity index (χ2v) is 5.86. The summed E-state index contributed by atoms with van der Waals surface area (Å²) in [4.78, 5) is 39.3. The van der Waals surface area contributed by atoms with Crippen LogP contribution in [-0.4, -0.2) is 54.4 Å². The molecule has 0 saturated carbocycles. The normalized spacial score (nSPS) is 24.6. The predicted molar refractivity (Wildman–Crippen MR) is 80.1 cm³/mol. The minimum atomic E-state index is -1.17. The summed E-state index contributed by atoms with van der Waals surface area (Å²) in [6.07, 6.45) is 3.13. The number of hydrogen-bond donors (Lipinski definition) is 3. The standard InChI is InChI=1S/C14H17N5O4/c1-14(23)4-7-18(12(21)9-2-5-15-17-9)8-10(14)19-6-3-11(20)16-13(19)22/h2-3,5-6,10,23H,4,7-8H2,1H3,(H,15,17)(H,16,20,22)/t10-,14-/m1/s1. The van der Waals surface area contributed by atoms with Crippen LogP contribution in [0.25, 0.3) is 0 Å². The molecule has 0 unspecified atom stereocenters. The van der Waals surface area contributed by atoms with Crippen LogP contribution in [0.4, 0.5) is 0 Å². The molecule has 1 aliphatic rings. The van der Waals surface area contributed by atoms with Crippen LogP contribution in [0, 0.1) is 0 Å². The average Bonchev–Trinajstić information content (AvgIpc) is 3.01. The molecule has 122 valence electrons. The van der Waals surface area contributed by atoms with E-state index in [1.54, 1.807) is 17.9 Å². The van der Waals surface area contributed by atoms with Crippen LogP contribution in [-0.2, 0) is 0 Å². The van der Waals surface area contributed by atoms with E-state index in [-0.39, 0.29) is 12.5 Å². The van der Waals surface area contributed by atoms with Gasteiger partial charge in [-0.3, -0.25) is 24.2 Å². The first-order valence-electron chi connectivity index (χ1n) is 7.21. The van der Waals surface area contributed by atoms with Crippen molar-refractivity contribution in [3.05, 3.63) is 51.1 Å². The molecule has 23 heavy (non-hydrogen) atoms. The number of nitrogens with zero attached hydrogens (tertiary/aromatic N) is 3. The number of likely N-dealkylation sites (tertiary alicyclic amines) is 1. The molecule has 2 aromatic rings. The van der Waals surface area contributed by atoms with Crippen molar-refractivity contribution in [2.45, 2.75) is 25.0 Å². The minimum Gasteiger partial charge on any atom is -0.388 e. The highest BCUT2D eigenvalue weighted by molar-refractivity contribution is 5.92. The maximum Gasteiger partial charge on any atom is 0.328 e. The van der Waals surface area contributed by atoms with Gasteiger partial charge in [-0.15, -0.1) is 0 Å². The monoisotopic (exact) mass is 319 g/mol. The van der Waals surface area contributed by atoms with E-state index in [1.165, 1.54) is 23.0 Å². The molecule has 1 amide bonds. The van der Waals surface area contributed by atoms with E-state index in [9.17, 15) is 19.5 Å². The lowest BCUT2D eigenvalue weighted by Gasteiger charge is -2.43. The first-order valence-corrected chi connectivity index (χ1v) is 7.21. The van der Waals surface area contributed by atoms with Gasteiger partial charge in [-0.05, 0) is 19.4 Å². The van der Waals surface area contributed by atoms with Gasteiger partial charge < -0.3 is 10.0 Å². The van der Waals surface area contributed by atoms with Crippen LogP contribution in [0.2, 0.25) is 0 Å². The molecule has 1 saturated heterocycles. The molecule has 3 heterocycles. The molecule has 1 aliphatic heterocycles. The van der Waals surface area contributed by atoms with E-state index in [4.69, 9.17) is 0 Å². The van der Waals surface area contributed by atoms with Crippen molar-refractivity contribution in [2.75, 3.05) is 13.1 Å². The molecular weight excluding hydrogens is 302 g/mol. The summed E-state index contributed by atoms with van der Waals surface area (Å²) >= 11 is 0. The molecule has 3 rings (SSSR count). The highest BCUT2D eigenvalue weighted by atomic mass is 16.3. The second kappa shape index (κ2) is 5.51. The van der Waals surface area contributed by atoms with Crippen LogP contribution in [0.15, 0.2) is 34.1 Å². The summed E-state index contributed by atoms with van der Waals surface area (Å²) < 4.78 is 1.26. The number of aromatic nitrogens is 4. The Bertz CT molecular complexity index is 820. The summed E-state index contributed by atoms with van der Waals surface area (Å²) in [6, 6.07) is 2.12. The van der Waals surface area contributed by atoms with Crippen molar-refractivity contribution < 1.29 is 9.90 Å². The molecular formula is C14H17N5O4. The summed E-state index contributed by atoms with van der Waals surface area (Å²) in [5, 5.41) is 17.0. The minimum absolute atomic E-state index is 0.150. The van der Waals surface area contributed by atoms with Crippen LogP contribution < -0.4 is 11.2 Å². The molecule has 0 spiro atoms. The fraction of sp³-hybridized carbons (Fsp3) is 0.429. The van der Waals surface area contributed by atoms with E-state index in [1.807, 2.05) is 0 Å². The van der Waals surface area contributed by atoms with Gasteiger partial charge in [-0.25, -0.2) is 4.79 Å². The fourth-order valence-corrected chi connectivity index (χ4v) is 2.81. The first-order chi connectivity index (χ1) is 10.9. The van der Waals surface area contributed by atoms with Crippen molar-refractivity contribution in [1.82, 2.24) is 24.6 Å². The van der Waals surface area contributed by atoms with Crippen molar-refractivity contribution in [1.29, 1.82) is 0 Å². The average molecular weight is 319 g/mol. The second-order valence-electron chi connectivity index (χ2n) is 5.86. The Kier molecular flexibility index (Phi) is 3.64. The number of carbonyl (C=O) groups is 1. The van der Waals surface area contributed by atoms with E-state index in [2.05, 4.69) is 15.2 Å². The SMILES string of the molecule is C[C@@]1(O)CCN(C(=O)c2ccn[nH]2)C[C@H]1n1ccc(=O)[nH]c1=O. The van der Waals surface area contributed by atoms with Crippen LogP contribution in [0.3, 0.4) is 0 Å². The Hall–Kier alpha value is -2.68. The summed E-state index contributed by atoms with van der Waals surface area (Å²) in [5.74, 6) is -0.250. The lowest BCUT2D eigenvalue weighted by atomic mass is 9.88. The first kappa shape index (κ1) is 15.2. The number of piperidine rings is 1. The highest BCUT2D eigenvalue weighted by Gasteiger charge is 2.41. The Morgan fingerprint density at radius 1 is 1.43 bits per heavy atom. The summed E-state index contributed by atoms with van der Waals surface area (Å²) in [7, 11) is 0. The van der Waals surface area contributed by atoms with Gasteiger partial charge in [-0.1, -0.05) is 0 Å². The number of aromatic amines is 2. The van der Waals surface area contributed by atoms with Crippen molar-refractivity contribution in [3.63, 3.8) is 0 Å². The predicted octanol–water partition coefficient (Wildman–Crippen LogP) is -0.902. The van der Waals surface area contributed by atoms with Crippen LogP contribution >= 0.6 is 0 Å². The van der Waals surface area contributed by atoms with Gasteiger partial charge in [0.25, 0.3) is 11.5 Å². The lowest BCUT2D eigenvalue weighted by Crippen LogP contribution is -2.55. The number of H-pyrrole nitrogens is 2. The third-order valence-corrected chi connectivity index (χ3v) is 4.20. The quantitative estimate of drug-likeness (QED) is 0.661. The number of carbonyl (C=O) groups excluding carboxylic acids is 1. The smallest absolute Gasteiger partial charge is 0.328 e. The summed E-state index contributed by atoms with van der Waals surface area (Å²) in [5.41, 5.74) is -1.95. The van der Waals surface area contributed by atoms with Gasteiger partial charge >= 0.3 is 5.69 Å². The molecule has 0 aliphatic carbocycles. The molecule has 0 bridgehead atoms. The zero-order valence-corrected chi connectivity index (χ0v) is 12.5. The van der Waals surface area contributed by atoms with Gasteiger partial charge in [0.2, 0.25) is 0 Å². The number of amides is 1. The van der Waals surface area contributed by atoms with Gasteiger partial charge in [0.05, 0.1) is 11.6 Å². The van der Waals surface area contributed by atoms with Crippen LogP contribution in [0.5, 0.6) is 0 Å². The molecule has 9 nitrogen and oxygen atoms in total. The highest BCUT2D eigenvalue weighted by Crippen LogP contribution is 2.31. The van der Waals surface area contributed by atoms with Gasteiger partial charge in [0, 0.05) is 31.5 Å². The topological polar surface area (TPSA) is 124 Å². The third kappa shape index (κ3) is 2.82. The van der Waals surface area contributed by atoms with E-state index >= 15 is 0 Å². The van der Waals surface area contributed by atoms with E-state index in [0.29, 0.717) is 18.7 Å². The zero-order valence-electron chi connectivity index (χ0n) is 12.5. The Morgan fingerprint density at radius 2 is 2.22 bits per heavy atom. The van der Waals surface area contributed by atoms with Crippen molar-refractivity contribution >= 4 is 5.91 Å². The number of aliphatic hydroxyl groups is 1. The van der Waals surface area contributed by atoms with Gasteiger partial charge in [0.15, 0.2) is 0 Å². The molecule has 3 N–H and O–H groups in total. The number of nitrogens with one attached hydrogen (secondary N) is 2. The molecule has 0 radical (unpaired) electrons. The number of hydrogen-bond acceptors (Lipinski definition) is 5. The fourth-order valence-electron chi connectivity index (χ4n) is 2.81. The van der Waals surface area contributed by atoms with Crippen LogP contribution in [0.1, 0.15) is 29.9 Å². The largest absolute Gasteiger partial charge is 0.388 e. The Morgan fingerprint density at radius 3 is 2.87 bits per heavy atom. The summed E-state index contributed by atoms with van der Waals surface area (Å²) in [6.45, 7) is 2.13. The zero-order chi connectivity index (χ0) is 16.6. The van der Waals surface area contributed by atoms with Gasteiger partial charge in [0.1, 0.15) is 5.69 Å². The van der Waals surface area contributed by atoms with Crippen molar-refractivity contribution in [2.24, 2.45) is 0 Å². The molecule has 2 aromatic heterocycles. The number of rotatable bonds is 2. The lowest BCUT2D eigenvalue weighted by molar-refractivity contribution is -0.0460. The Labute approximate surface area is 130 Å². The Balaban J connectivity index is 1.92. The molecule has 2 atom stereocenters. The van der Waals surface area contributed by atoms with E-state index < -0.39 is 22.9 Å². The van der Waals surface area contributed by atoms with Gasteiger partial charge in [-0.2, -0.15) is 5.10 Å².